The molecule has 0 aromatic carbocycles. The summed E-state index contributed by atoms with van der Waals surface area (Å²) in [4.78, 5) is 0. The lowest BCUT2D eigenvalue weighted by atomic mass is 10.1. The second-order valence-electron chi connectivity index (χ2n) is 3.29. The van der Waals surface area contributed by atoms with Gasteiger partial charge in [-0.25, -0.2) is 4.58 Å². The third-order valence-corrected chi connectivity index (χ3v) is 3.73. The van der Waals surface area contributed by atoms with E-state index in [1.54, 1.807) is 11.8 Å². The molecule has 1 atom stereocenters. The molecule has 0 amide bonds. The predicted molar refractivity (Wildman–Crippen MR) is 50.8 cm³/mol. The Morgan fingerprint density at radius 3 is 2.27 bits per heavy atom. The molecule has 0 aromatic rings. The first kappa shape index (κ1) is 8.78. The molecule has 0 aliphatic carbocycles. The molecule has 0 aromatic heterocycles. The summed E-state index contributed by atoms with van der Waals surface area (Å²) in [5.41, 5.74) is 1.31. The summed E-state index contributed by atoms with van der Waals surface area (Å²) in [6.07, 6.45) is 0. The third-order valence-electron chi connectivity index (χ3n) is 2.09. The van der Waals surface area contributed by atoms with Crippen molar-refractivity contribution in [1.29, 1.82) is 5.41 Å². The number of amidine groups is 1. The van der Waals surface area contributed by atoms with Crippen LogP contribution in [0.1, 0.15) is 20.8 Å². The fraction of sp³-hybridized carbons (Fsp3) is 0.750. The van der Waals surface area contributed by atoms with Gasteiger partial charge < -0.3 is 0 Å². The van der Waals surface area contributed by atoms with Crippen LogP contribution in [0.5, 0.6) is 0 Å². The summed E-state index contributed by atoms with van der Waals surface area (Å²) in [6.45, 7) is 6.51. The van der Waals surface area contributed by atoms with Crippen molar-refractivity contribution < 1.29 is 4.58 Å². The zero-order valence-electron chi connectivity index (χ0n) is 7.51. The molecule has 1 N–H and O–H groups in total. The van der Waals surface area contributed by atoms with E-state index in [-0.39, 0.29) is 0 Å². The van der Waals surface area contributed by atoms with Gasteiger partial charge in [-0.2, -0.15) is 0 Å². The quantitative estimate of drug-likeness (QED) is 0.598. The molecule has 0 fully saturated rings. The minimum atomic E-state index is 0.521. The normalized spacial score (nSPS) is 25.5. The van der Waals surface area contributed by atoms with Gasteiger partial charge in [-0.05, 0) is 24.6 Å². The van der Waals surface area contributed by atoms with Crippen LogP contribution < -0.4 is 0 Å². The molecule has 1 aliphatic heterocycles. The third kappa shape index (κ3) is 1.48. The Morgan fingerprint density at radius 1 is 1.55 bits per heavy atom. The average molecular weight is 171 g/mol. The van der Waals surface area contributed by atoms with Crippen molar-refractivity contribution in [3.8, 4) is 0 Å². The van der Waals surface area contributed by atoms with Crippen molar-refractivity contribution in [2.24, 2.45) is 5.92 Å². The molecule has 0 radical (unpaired) electrons. The number of hydrogen-bond donors (Lipinski definition) is 1. The molecule has 0 bridgehead atoms. The van der Waals surface area contributed by atoms with Crippen LogP contribution in [-0.2, 0) is 0 Å². The monoisotopic (exact) mass is 171 g/mol. The van der Waals surface area contributed by atoms with Gasteiger partial charge in [-0.15, -0.1) is 0 Å². The number of nitrogens with zero attached hydrogens (tertiary/aromatic N) is 1. The van der Waals surface area contributed by atoms with E-state index in [0.717, 1.165) is 0 Å². The average Bonchev–Trinajstić information content (AvgIpc) is 2.17. The lowest BCUT2D eigenvalue weighted by Gasteiger charge is -2.09. The highest BCUT2D eigenvalue weighted by Crippen LogP contribution is 2.27. The molecular formula is C8H15N2S+. The van der Waals surface area contributed by atoms with Crippen molar-refractivity contribution in [2.45, 2.75) is 26.0 Å². The first-order valence-electron chi connectivity index (χ1n) is 3.86. The molecular weight excluding hydrogens is 156 g/mol. The van der Waals surface area contributed by atoms with Gasteiger partial charge in [0.15, 0.2) is 0 Å². The van der Waals surface area contributed by atoms with E-state index >= 15 is 0 Å². The zero-order chi connectivity index (χ0) is 8.59. The van der Waals surface area contributed by atoms with E-state index < -0.39 is 0 Å². The first-order valence-corrected chi connectivity index (χ1v) is 4.74. The molecule has 3 heteroatoms. The molecule has 1 aliphatic rings. The molecule has 11 heavy (non-hydrogen) atoms. The van der Waals surface area contributed by atoms with Crippen LogP contribution in [0, 0.1) is 11.3 Å². The summed E-state index contributed by atoms with van der Waals surface area (Å²) in [7, 11) is 1.97. The summed E-state index contributed by atoms with van der Waals surface area (Å²) < 4.78 is 1.97. The first-order chi connectivity index (χ1) is 5.04. The van der Waals surface area contributed by atoms with Crippen LogP contribution in [0.3, 0.4) is 0 Å². The van der Waals surface area contributed by atoms with E-state index in [2.05, 4.69) is 20.8 Å². The summed E-state index contributed by atoms with van der Waals surface area (Å²) in [5.74, 6) is 0.630. The second-order valence-corrected chi connectivity index (χ2v) is 4.42. The van der Waals surface area contributed by atoms with Gasteiger partial charge in [-0.3, -0.25) is 0 Å². The minimum Gasteiger partial charge on any atom is -0.228 e. The minimum absolute atomic E-state index is 0.521. The topological polar surface area (TPSA) is 26.9 Å². The van der Waals surface area contributed by atoms with Crippen LogP contribution in [-0.4, -0.2) is 27.8 Å². The van der Waals surface area contributed by atoms with E-state index in [4.69, 9.17) is 5.41 Å². The van der Waals surface area contributed by atoms with Crippen LogP contribution in [0.4, 0.5) is 0 Å². The lowest BCUT2D eigenvalue weighted by Crippen LogP contribution is -2.20. The predicted octanol–water partition coefficient (Wildman–Crippen LogP) is 1.80. The van der Waals surface area contributed by atoms with Crippen molar-refractivity contribution in [1.82, 2.24) is 0 Å². The van der Waals surface area contributed by atoms with E-state index in [0.29, 0.717) is 16.3 Å². The van der Waals surface area contributed by atoms with Crippen LogP contribution in [0.25, 0.3) is 0 Å². The Labute approximate surface area is 72.2 Å². The smallest absolute Gasteiger partial charge is 0.228 e. The molecule has 0 spiro atoms. The van der Waals surface area contributed by atoms with E-state index in [1.807, 2.05) is 11.6 Å². The van der Waals surface area contributed by atoms with Gasteiger partial charge in [0, 0.05) is 0 Å². The highest BCUT2D eigenvalue weighted by molar-refractivity contribution is 8.14. The fourth-order valence-electron chi connectivity index (χ4n) is 1.25. The van der Waals surface area contributed by atoms with Crippen molar-refractivity contribution in [2.75, 3.05) is 7.05 Å². The maximum absolute atomic E-state index is 7.58. The molecule has 0 saturated carbocycles. The standard InChI is InChI=1S/C8H15N2S/c1-5(2)7-6(3)10(4)8(9)11-7/h5,7,9H,1-4H3/q+1. The molecule has 1 unspecified atom stereocenters. The number of thioether (sulfide) groups is 1. The van der Waals surface area contributed by atoms with Gasteiger partial charge in [0.2, 0.25) is 0 Å². The van der Waals surface area contributed by atoms with Crippen molar-refractivity contribution in [3.63, 3.8) is 0 Å². The maximum atomic E-state index is 7.58. The molecule has 2 nitrogen and oxygen atoms in total. The van der Waals surface area contributed by atoms with Crippen LogP contribution in [0.15, 0.2) is 0 Å². The van der Waals surface area contributed by atoms with Gasteiger partial charge in [0.1, 0.15) is 0 Å². The molecule has 62 valence electrons. The van der Waals surface area contributed by atoms with Crippen LogP contribution >= 0.6 is 11.8 Å². The largest absolute Gasteiger partial charge is 0.351 e. The molecule has 0 saturated heterocycles. The van der Waals surface area contributed by atoms with Crippen LogP contribution in [0.2, 0.25) is 0 Å². The zero-order valence-corrected chi connectivity index (χ0v) is 8.33. The Bertz CT molecular complexity index is 218. The SMILES string of the molecule is CC1=[N+](C)C(=N)SC1C(C)C. The number of hydrogen-bond acceptors (Lipinski definition) is 2. The highest BCUT2D eigenvalue weighted by atomic mass is 32.2. The Hall–Kier alpha value is -0.310. The van der Waals surface area contributed by atoms with Gasteiger partial charge in [0.25, 0.3) is 0 Å². The summed E-state index contributed by atoms with van der Waals surface area (Å²) >= 11 is 1.66. The fourth-order valence-corrected chi connectivity index (χ4v) is 2.40. The maximum Gasteiger partial charge on any atom is 0.351 e. The summed E-state index contributed by atoms with van der Waals surface area (Å²) in [6, 6.07) is 0. The molecule has 1 rings (SSSR count). The van der Waals surface area contributed by atoms with Gasteiger partial charge in [0.05, 0.1) is 18.0 Å². The highest BCUT2D eigenvalue weighted by Gasteiger charge is 2.33. The Morgan fingerprint density at radius 2 is 2.09 bits per heavy atom. The lowest BCUT2D eigenvalue weighted by molar-refractivity contribution is -0.365. The Balaban J connectivity index is 2.86. The molecule has 1 heterocycles. The van der Waals surface area contributed by atoms with E-state index in [9.17, 15) is 0 Å². The van der Waals surface area contributed by atoms with Gasteiger partial charge >= 0.3 is 5.17 Å². The number of rotatable bonds is 1. The van der Waals surface area contributed by atoms with Crippen molar-refractivity contribution >= 4 is 22.6 Å². The van der Waals surface area contributed by atoms with E-state index in [1.165, 1.54) is 5.71 Å². The Kier molecular flexibility index (Phi) is 2.37. The van der Waals surface area contributed by atoms with Gasteiger partial charge in [-0.1, -0.05) is 19.3 Å². The summed E-state index contributed by atoms with van der Waals surface area (Å²) in [5, 5.41) is 8.78. The second kappa shape index (κ2) is 2.97. The van der Waals surface area contributed by atoms with Crippen molar-refractivity contribution in [3.05, 3.63) is 0 Å². The number of nitrogens with one attached hydrogen (secondary N) is 1.